The summed E-state index contributed by atoms with van der Waals surface area (Å²) < 4.78 is 0. The Balaban J connectivity index is 2.88. The quantitative estimate of drug-likeness (QED) is 0.499. The molecule has 0 aliphatic rings. The van der Waals surface area contributed by atoms with E-state index in [0.717, 1.165) is 0 Å². The lowest BCUT2D eigenvalue weighted by molar-refractivity contribution is 1.22. The van der Waals surface area contributed by atoms with Gasteiger partial charge in [0, 0.05) is 0 Å². The van der Waals surface area contributed by atoms with Crippen molar-refractivity contribution in [2.75, 3.05) is 5.73 Å². The van der Waals surface area contributed by atoms with Crippen molar-refractivity contribution >= 4 is 40.3 Å². The summed E-state index contributed by atoms with van der Waals surface area (Å²) >= 11 is 11.3. The molecule has 3 N–H and O–H groups in total. The Kier molecular flexibility index (Phi) is 1.55. The number of aromatic nitrogens is 4. The third-order valence-corrected chi connectivity index (χ3v) is 1.73. The molecule has 2 aromatic rings. The van der Waals surface area contributed by atoms with Crippen LogP contribution in [0.1, 0.15) is 0 Å². The van der Waals surface area contributed by atoms with E-state index in [0.29, 0.717) is 11.2 Å². The first-order chi connectivity index (χ1) is 5.66. The van der Waals surface area contributed by atoms with Crippen LogP contribution in [0.4, 0.5) is 5.95 Å². The lowest BCUT2D eigenvalue weighted by Crippen LogP contribution is -1.94. The van der Waals surface area contributed by atoms with Gasteiger partial charge in [0.25, 0.3) is 0 Å². The summed E-state index contributed by atoms with van der Waals surface area (Å²) in [7, 11) is 0. The Morgan fingerprint density at radius 2 is 1.92 bits per heavy atom. The van der Waals surface area contributed by atoms with Crippen LogP contribution in [-0.2, 0) is 0 Å². The van der Waals surface area contributed by atoms with Crippen molar-refractivity contribution in [1.29, 1.82) is 0 Å². The van der Waals surface area contributed by atoms with E-state index in [9.17, 15) is 0 Å². The van der Waals surface area contributed by atoms with Crippen molar-refractivity contribution in [2.45, 2.75) is 0 Å². The van der Waals surface area contributed by atoms with Crippen LogP contribution in [0.5, 0.6) is 0 Å². The summed E-state index contributed by atoms with van der Waals surface area (Å²) in [4.78, 5) is 14.1. The third-order valence-electron chi connectivity index (χ3n) is 1.29. The van der Waals surface area contributed by atoms with Gasteiger partial charge in [-0.2, -0.15) is 9.97 Å². The smallest absolute Gasteiger partial charge is 0.223 e. The second-order valence-electron chi connectivity index (χ2n) is 2.10. The summed E-state index contributed by atoms with van der Waals surface area (Å²) in [6.07, 6.45) is 0. The summed E-state index contributed by atoms with van der Waals surface area (Å²) in [5.41, 5.74) is 6.21. The first kappa shape index (κ1) is 7.57. The van der Waals surface area contributed by atoms with E-state index < -0.39 is 0 Å². The number of nitrogen functional groups attached to an aromatic ring is 1. The number of H-pyrrole nitrogens is 1. The molecule has 0 aliphatic heterocycles. The molecule has 2 rings (SSSR count). The van der Waals surface area contributed by atoms with E-state index in [4.69, 9.17) is 28.9 Å². The lowest BCUT2D eigenvalue weighted by Gasteiger charge is -1.92. The summed E-state index contributed by atoms with van der Waals surface area (Å²) in [6, 6.07) is 0. The molecule has 0 aliphatic carbocycles. The van der Waals surface area contributed by atoms with Crippen LogP contribution in [0.15, 0.2) is 0 Å². The molecule has 0 amide bonds. The minimum absolute atomic E-state index is 0.0906. The summed E-state index contributed by atoms with van der Waals surface area (Å²) in [6.45, 7) is 0. The van der Waals surface area contributed by atoms with Crippen LogP contribution in [0.25, 0.3) is 11.2 Å². The second kappa shape index (κ2) is 2.46. The molecular weight excluding hydrogens is 201 g/mol. The molecule has 0 bridgehead atoms. The van der Waals surface area contributed by atoms with Gasteiger partial charge in [0.2, 0.25) is 11.2 Å². The zero-order chi connectivity index (χ0) is 8.72. The van der Waals surface area contributed by atoms with Crippen LogP contribution in [-0.4, -0.2) is 19.9 Å². The van der Waals surface area contributed by atoms with E-state index in [1.807, 2.05) is 0 Å². The largest absolute Gasteiger partial charge is 0.368 e. The van der Waals surface area contributed by atoms with Crippen molar-refractivity contribution < 1.29 is 0 Å². The highest BCUT2D eigenvalue weighted by Crippen LogP contribution is 2.19. The van der Waals surface area contributed by atoms with Gasteiger partial charge in [-0.25, -0.2) is 4.98 Å². The molecule has 12 heavy (non-hydrogen) atoms. The molecule has 0 radical (unpaired) electrons. The molecule has 2 aromatic heterocycles. The average molecular weight is 204 g/mol. The Morgan fingerprint density at radius 3 is 2.67 bits per heavy atom. The van der Waals surface area contributed by atoms with E-state index >= 15 is 0 Å². The number of nitrogens with one attached hydrogen (secondary N) is 1. The first-order valence-electron chi connectivity index (χ1n) is 3.01. The van der Waals surface area contributed by atoms with Crippen molar-refractivity contribution in [3.63, 3.8) is 0 Å². The van der Waals surface area contributed by atoms with Crippen molar-refractivity contribution in [3.05, 3.63) is 10.4 Å². The number of rotatable bonds is 0. The highest BCUT2D eigenvalue weighted by Gasteiger charge is 2.08. The van der Waals surface area contributed by atoms with Crippen LogP contribution in [0.2, 0.25) is 10.4 Å². The standard InChI is InChI=1S/C5H3Cl2N5/c6-2-1-3(11-4(7)9-1)12-5(8)10-2/h(H3,8,9,10,11,12). The van der Waals surface area contributed by atoms with Crippen LogP contribution < -0.4 is 5.73 Å². The van der Waals surface area contributed by atoms with Gasteiger partial charge < -0.3 is 10.7 Å². The fraction of sp³-hybridized carbons (Fsp3) is 0. The molecule has 0 saturated carbocycles. The Hall–Kier alpha value is -1.07. The van der Waals surface area contributed by atoms with Gasteiger partial charge in [-0.05, 0) is 11.6 Å². The molecule has 0 aromatic carbocycles. The van der Waals surface area contributed by atoms with Gasteiger partial charge >= 0.3 is 0 Å². The topological polar surface area (TPSA) is 80.5 Å². The summed E-state index contributed by atoms with van der Waals surface area (Å²) in [5.74, 6) is 0.0906. The number of hydrogen-bond acceptors (Lipinski definition) is 4. The number of aromatic amines is 1. The fourth-order valence-electron chi connectivity index (χ4n) is 0.854. The number of nitrogens with zero attached hydrogens (tertiary/aromatic N) is 3. The number of halogens is 2. The highest BCUT2D eigenvalue weighted by molar-refractivity contribution is 6.34. The predicted molar refractivity (Wildman–Crippen MR) is 46.1 cm³/mol. The first-order valence-corrected chi connectivity index (χ1v) is 3.76. The molecule has 2 heterocycles. The Labute approximate surface area is 76.9 Å². The van der Waals surface area contributed by atoms with Crippen LogP contribution >= 0.6 is 23.2 Å². The van der Waals surface area contributed by atoms with Gasteiger partial charge in [0.1, 0.15) is 5.52 Å². The van der Waals surface area contributed by atoms with Gasteiger partial charge in [-0.3, -0.25) is 0 Å². The van der Waals surface area contributed by atoms with E-state index in [2.05, 4.69) is 19.9 Å². The number of anilines is 1. The second-order valence-corrected chi connectivity index (χ2v) is 2.81. The number of hydrogen-bond donors (Lipinski definition) is 2. The summed E-state index contributed by atoms with van der Waals surface area (Å²) in [5, 5.41) is 0.410. The van der Waals surface area contributed by atoms with E-state index in [1.54, 1.807) is 0 Å². The number of nitrogens with two attached hydrogens (primary N) is 1. The molecule has 62 valence electrons. The molecule has 0 saturated heterocycles. The van der Waals surface area contributed by atoms with Gasteiger partial charge in [0.15, 0.2) is 10.8 Å². The Bertz CT molecular complexity index is 437. The number of imidazole rings is 1. The van der Waals surface area contributed by atoms with Gasteiger partial charge in [-0.15, -0.1) is 0 Å². The predicted octanol–water partition coefficient (Wildman–Crippen LogP) is 1.24. The molecule has 0 atom stereocenters. The van der Waals surface area contributed by atoms with Crippen molar-refractivity contribution in [2.24, 2.45) is 0 Å². The zero-order valence-corrected chi connectivity index (χ0v) is 7.19. The maximum Gasteiger partial charge on any atom is 0.223 e. The van der Waals surface area contributed by atoms with Crippen molar-refractivity contribution in [1.82, 2.24) is 19.9 Å². The minimum atomic E-state index is 0.0906. The number of fused-ring (bicyclic) bond motifs is 1. The SMILES string of the molecule is Nc1nc(Cl)c2nc(Cl)[nH]c2n1. The average Bonchev–Trinajstić information content (AvgIpc) is 2.29. The van der Waals surface area contributed by atoms with Crippen LogP contribution in [0.3, 0.4) is 0 Å². The monoisotopic (exact) mass is 203 g/mol. The normalized spacial score (nSPS) is 10.8. The zero-order valence-electron chi connectivity index (χ0n) is 5.67. The molecule has 0 unspecified atom stereocenters. The highest BCUT2D eigenvalue weighted by atomic mass is 35.5. The third kappa shape index (κ3) is 1.07. The van der Waals surface area contributed by atoms with Crippen LogP contribution in [0, 0.1) is 0 Å². The van der Waals surface area contributed by atoms with E-state index in [-0.39, 0.29) is 16.4 Å². The minimum Gasteiger partial charge on any atom is -0.368 e. The molecule has 7 heteroatoms. The molecular formula is C5H3Cl2N5. The maximum absolute atomic E-state index is 5.70. The fourth-order valence-corrected chi connectivity index (χ4v) is 1.25. The van der Waals surface area contributed by atoms with Crippen molar-refractivity contribution in [3.8, 4) is 0 Å². The van der Waals surface area contributed by atoms with Gasteiger partial charge in [0.05, 0.1) is 0 Å². The molecule has 0 fully saturated rings. The van der Waals surface area contributed by atoms with Gasteiger partial charge in [-0.1, -0.05) is 11.6 Å². The lowest BCUT2D eigenvalue weighted by atomic mass is 10.6. The maximum atomic E-state index is 5.70. The Morgan fingerprint density at radius 1 is 1.17 bits per heavy atom. The molecule has 0 spiro atoms. The molecule has 5 nitrogen and oxygen atoms in total. The van der Waals surface area contributed by atoms with E-state index in [1.165, 1.54) is 0 Å².